The van der Waals surface area contributed by atoms with Gasteiger partial charge in [-0.2, -0.15) is 12.6 Å². The van der Waals surface area contributed by atoms with Gasteiger partial charge < -0.3 is 5.73 Å². The van der Waals surface area contributed by atoms with Crippen molar-refractivity contribution >= 4 is 28.6 Å². The third-order valence-corrected chi connectivity index (χ3v) is 2.36. The van der Waals surface area contributed by atoms with E-state index in [9.17, 15) is 0 Å². The molecule has 0 saturated carbocycles. The summed E-state index contributed by atoms with van der Waals surface area (Å²) in [5.74, 6) is 0.677. The molecular formula is C8H10BrNS. The van der Waals surface area contributed by atoms with E-state index in [1.54, 1.807) is 0 Å². The summed E-state index contributed by atoms with van der Waals surface area (Å²) in [5, 5.41) is 0. The van der Waals surface area contributed by atoms with Gasteiger partial charge >= 0.3 is 0 Å². The van der Waals surface area contributed by atoms with E-state index in [2.05, 4.69) is 28.6 Å². The summed E-state index contributed by atoms with van der Waals surface area (Å²) in [7, 11) is 0. The highest BCUT2D eigenvalue weighted by Gasteiger charge is 2.02. The number of rotatable bonds is 2. The largest absolute Gasteiger partial charge is 0.323 e. The molecular weight excluding hydrogens is 222 g/mol. The van der Waals surface area contributed by atoms with Crippen LogP contribution in [0.4, 0.5) is 0 Å². The van der Waals surface area contributed by atoms with Crippen molar-refractivity contribution in [2.24, 2.45) is 5.73 Å². The average molecular weight is 232 g/mol. The summed E-state index contributed by atoms with van der Waals surface area (Å²) in [5.41, 5.74) is 6.89. The third kappa shape index (κ3) is 2.51. The summed E-state index contributed by atoms with van der Waals surface area (Å²) in [6.45, 7) is 0. The van der Waals surface area contributed by atoms with Crippen molar-refractivity contribution in [2.75, 3.05) is 5.75 Å². The Kier molecular flexibility index (Phi) is 3.43. The van der Waals surface area contributed by atoms with Crippen molar-refractivity contribution in [3.63, 3.8) is 0 Å². The van der Waals surface area contributed by atoms with Crippen LogP contribution in [0, 0.1) is 0 Å². The van der Waals surface area contributed by atoms with E-state index in [4.69, 9.17) is 5.73 Å². The van der Waals surface area contributed by atoms with Gasteiger partial charge in [-0.3, -0.25) is 0 Å². The Bertz CT molecular complexity index is 239. The Morgan fingerprint density at radius 1 is 1.55 bits per heavy atom. The number of nitrogens with two attached hydrogens (primary N) is 1. The van der Waals surface area contributed by atoms with Gasteiger partial charge in [-0.05, 0) is 17.7 Å². The van der Waals surface area contributed by atoms with Gasteiger partial charge in [0.2, 0.25) is 0 Å². The van der Waals surface area contributed by atoms with E-state index in [1.807, 2.05) is 24.3 Å². The molecule has 0 saturated heterocycles. The molecule has 0 aliphatic rings. The van der Waals surface area contributed by atoms with Gasteiger partial charge in [0.05, 0.1) is 0 Å². The quantitative estimate of drug-likeness (QED) is 0.752. The van der Waals surface area contributed by atoms with Crippen molar-refractivity contribution in [1.29, 1.82) is 0 Å². The first-order chi connectivity index (χ1) is 5.24. The molecule has 60 valence electrons. The molecule has 0 spiro atoms. The highest BCUT2D eigenvalue weighted by molar-refractivity contribution is 9.10. The predicted octanol–water partition coefficient (Wildman–Crippen LogP) is 2.38. The topological polar surface area (TPSA) is 26.0 Å². The fourth-order valence-corrected chi connectivity index (χ4v) is 1.47. The van der Waals surface area contributed by atoms with Gasteiger partial charge in [0.1, 0.15) is 0 Å². The molecule has 0 heterocycles. The molecule has 0 radical (unpaired) electrons. The van der Waals surface area contributed by atoms with Gasteiger partial charge in [0.15, 0.2) is 0 Å². The molecule has 0 amide bonds. The monoisotopic (exact) mass is 231 g/mol. The molecule has 1 aromatic rings. The molecule has 0 aliphatic heterocycles. The molecule has 0 aliphatic carbocycles. The first-order valence-electron chi connectivity index (χ1n) is 3.36. The van der Waals surface area contributed by atoms with Gasteiger partial charge in [-0.1, -0.05) is 28.1 Å². The second kappa shape index (κ2) is 4.14. The molecule has 1 atom stereocenters. The average Bonchev–Trinajstić information content (AvgIpc) is 2.03. The maximum atomic E-state index is 5.77. The highest BCUT2D eigenvalue weighted by Crippen LogP contribution is 2.16. The van der Waals surface area contributed by atoms with E-state index in [0.29, 0.717) is 5.75 Å². The first kappa shape index (κ1) is 9.10. The van der Waals surface area contributed by atoms with Crippen LogP contribution < -0.4 is 5.73 Å². The molecule has 0 fully saturated rings. The SMILES string of the molecule is NC(CS)c1cccc(Br)c1. The Labute approximate surface area is 80.5 Å². The lowest BCUT2D eigenvalue weighted by atomic mass is 10.1. The molecule has 1 rings (SSSR count). The van der Waals surface area contributed by atoms with Crippen molar-refractivity contribution < 1.29 is 0 Å². The number of hydrogen-bond acceptors (Lipinski definition) is 2. The molecule has 11 heavy (non-hydrogen) atoms. The third-order valence-electron chi connectivity index (χ3n) is 1.47. The van der Waals surface area contributed by atoms with E-state index >= 15 is 0 Å². The number of hydrogen-bond donors (Lipinski definition) is 2. The van der Waals surface area contributed by atoms with E-state index in [0.717, 1.165) is 10.0 Å². The standard InChI is InChI=1S/C8H10BrNS/c9-7-3-1-2-6(4-7)8(10)5-11/h1-4,8,11H,5,10H2. The summed E-state index contributed by atoms with van der Waals surface area (Å²) in [6.07, 6.45) is 0. The minimum Gasteiger partial charge on any atom is -0.323 e. The predicted molar refractivity (Wildman–Crippen MR) is 54.9 cm³/mol. The summed E-state index contributed by atoms with van der Waals surface area (Å²) >= 11 is 7.50. The maximum absolute atomic E-state index is 5.77. The van der Waals surface area contributed by atoms with Crippen molar-refractivity contribution in [3.8, 4) is 0 Å². The normalized spacial score (nSPS) is 13.0. The van der Waals surface area contributed by atoms with Crippen LogP contribution in [0.1, 0.15) is 11.6 Å². The Morgan fingerprint density at radius 3 is 2.82 bits per heavy atom. The molecule has 1 nitrogen and oxygen atoms in total. The van der Waals surface area contributed by atoms with Crippen LogP contribution in [0.5, 0.6) is 0 Å². The second-order valence-electron chi connectivity index (χ2n) is 2.34. The van der Waals surface area contributed by atoms with Crippen molar-refractivity contribution in [3.05, 3.63) is 34.3 Å². The van der Waals surface area contributed by atoms with E-state index in [1.165, 1.54) is 0 Å². The lowest BCUT2D eigenvalue weighted by Gasteiger charge is -2.07. The number of halogens is 1. The van der Waals surface area contributed by atoms with Gasteiger partial charge in [-0.15, -0.1) is 0 Å². The van der Waals surface area contributed by atoms with Crippen LogP contribution in [-0.2, 0) is 0 Å². The molecule has 0 aromatic heterocycles. The molecule has 1 aromatic carbocycles. The smallest absolute Gasteiger partial charge is 0.0384 e. The lowest BCUT2D eigenvalue weighted by Crippen LogP contribution is -2.11. The number of benzene rings is 1. The van der Waals surface area contributed by atoms with Crippen LogP contribution in [0.2, 0.25) is 0 Å². The van der Waals surface area contributed by atoms with E-state index < -0.39 is 0 Å². The highest BCUT2D eigenvalue weighted by atomic mass is 79.9. The maximum Gasteiger partial charge on any atom is 0.0384 e. The number of thiol groups is 1. The lowest BCUT2D eigenvalue weighted by molar-refractivity contribution is 0.833. The van der Waals surface area contributed by atoms with Crippen LogP contribution in [0.3, 0.4) is 0 Å². The fraction of sp³-hybridized carbons (Fsp3) is 0.250. The summed E-state index contributed by atoms with van der Waals surface area (Å²) < 4.78 is 1.06. The molecule has 0 bridgehead atoms. The van der Waals surface area contributed by atoms with Crippen LogP contribution >= 0.6 is 28.6 Å². The van der Waals surface area contributed by atoms with E-state index in [-0.39, 0.29) is 6.04 Å². The van der Waals surface area contributed by atoms with Gasteiger partial charge in [-0.25, -0.2) is 0 Å². The Hall–Kier alpha value is 0.01000. The molecule has 3 heteroatoms. The second-order valence-corrected chi connectivity index (χ2v) is 3.62. The Morgan fingerprint density at radius 2 is 2.27 bits per heavy atom. The van der Waals surface area contributed by atoms with Crippen LogP contribution in [-0.4, -0.2) is 5.75 Å². The fourth-order valence-electron chi connectivity index (χ4n) is 0.843. The minimum atomic E-state index is 0.0378. The molecule has 2 N–H and O–H groups in total. The summed E-state index contributed by atoms with van der Waals surface area (Å²) in [4.78, 5) is 0. The van der Waals surface area contributed by atoms with Gasteiger partial charge in [0, 0.05) is 16.3 Å². The Balaban J connectivity index is 2.86. The van der Waals surface area contributed by atoms with Crippen LogP contribution in [0.15, 0.2) is 28.7 Å². The van der Waals surface area contributed by atoms with Crippen molar-refractivity contribution in [2.45, 2.75) is 6.04 Å². The first-order valence-corrected chi connectivity index (χ1v) is 4.78. The van der Waals surface area contributed by atoms with Gasteiger partial charge in [0.25, 0.3) is 0 Å². The summed E-state index contributed by atoms with van der Waals surface area (Å²) in [6, 6.07) is 8.01. The zero-order valence-corrected chi connectivity index (χ0v) is 8.48. The van der Waals surface area contributed by atoms with Crippen LogP contribution in [0.25, 0.3) is 0 Å². The zero-order chi connectivity index (χ0) is 8.27. The molecule has 1 unspecified atom stereocenters. The minimum absolute atomic E-state index is 0.0378. The zero-order valence-electron chi connectivity index (χ0n) is 6.00. The van der Waals surface area contributed by atoms with Crippen molar-refractivity contribution in [1.82, 2.24) is 0 Å².